The van der Waals surface area contributed by atoms with Gasteiger partial charge in [0.2, 0.25) is 0 Å². The van der Waals surface area contributed by atoms with Crippen LogP contribution in [-0.4, -0.2) is 22.3 Å². The Labute approximate surface area is 275 Å². The fourth-order valence-electron chi connectivity index (χ4n) is 6.88. The molecule has 8 aromatic rings. The molecule has 0 bridgehead atoms. The summed E-state index contributed by atoms with van der Waals surface area (Å²) in [5.41, 5.74) is 12.2. The topological polar surface area (TPSA) is 28.3 Å². The SMILES string of the molecule is Cc1ccc2c(c1)c1cc(C)ccc1n2-c1ccc(OCCCOc2ccc(-n3c4ccc(C)cc4c4cc(C)ccc43)cc2)cc1. The zero-order valence-corrected chi connectivity index (χ0v) is 27.4. The van der Waals surface area contributed by atoms with Gasteiger partial charge in [-0.1, -0.05) is 46.5 Å². The van der Waals surface area contributed by atoms with Crippen LogP contribution in [0.1, 0.15) is 28.7 Å². The largest absolute Gasteiger partial charge is 0.493 e. The van der Waals surface area contributed by atoms with Crippen molar-refractivity contribution in [1.29, 1.82) is 0 Å². The van der Waals surface area contributed by atoms with E-state index in [2.05, 4.69) is 158 Å². The number of nitrogens with zero attached hydrogens (tertiary/aromatic N) is 2. The van der Waals surface area contributed by atoms with E-state index in [4.69, 9.17) is 9.47 Å². The molecule has 47 heavy (non-hydrogen) atoms. The molecule has 0 amide bonds. The molecule has 4 heteroatoms. The summed E-state index contributed by atoms with van der Waals surface area (Å²) in [4.78, 5) is 0. The van der Waals surface area contributed by atoms with Gasteiger partial charge in [0, 0.05) is 39.3 Å². The molecule has 4 nitrogen and oxygen atoms in total. The lowest BCUT2D eigenvalue weighted by Crippen LogP contribution is -2.05. The summed E-state index contributed by atoms with van der Waals surface area (Å²) in [6, 6.07) is 43.6. The van der Waals surface area contributed by atoms with Gasteiger partial charge >= 0.3 is 0 Å². The standard InChI is InChI=1S/C43H38N2O2/c1-28-6-18-40-36(24-28)37-25-29(2)7-19-41(37)44(40)32-10-14-34(15-11-32)46-22-5-23-47-35-16-12-33(13-17-35)45-42-20-8-30(3)26-38(42)39-27-31(4)9-21-43(39)45/h6-21,24-27H,5,22-23H2,1-4H3. The molecule has 2 aromatic heterocycles. The van der Waals surface area contributed by atoms with Gasteiger partial charge in [0.25, 0.3) is 0 Å². The first-order valence-electron chi connectivity index (χ1n) is 16.4. The predicted octanol–water partition coefficient (Wildman–Crippen LogP) is 11.0. The highest BCUT2D eigenvalue weighted by atomic mass is 16.5. The molecule has 232 valence electrons. The van der Waals surface area contributed by atoms with Crippen molar-refractivity contribution in [3.8, 4) is 22.9 Å². The average molecular weight is 615 g/mol. The molecule has 0 aliphatic heterocycles. The summed E-state index contributed by atoms with van der Waals surface area (Å²) in [6.45, 7) is 9.79. The van der Waals surface area contributed by atoms with Crippen LogP contribution in [0.5, 0.6) is 11.5 Å². The van der Waals surface area contributed by atoms with Crippen LogP contribution < -0.4 is 9.47 Å². The van der Waals surface area contributed by atoms with E-state index in [0.717, 1.165) is 29.3 Å². The minimum Gasteiger partial charge on any atom is -0.493 e. The number of aromatic nitrogens is 2. The van der Waals surface area contributed by atoms with Crippen molar-refractivity contribution in [2.75, 3.05) is 13.2 Å². The summed E-state index contributed by atoms with van der Waals surface area (Å²) in [5.74, 6) is 1.73. The van der Waals surface area contributed by atoms with E-state index >= 15 is 0 Å². The average Bonchev–Trinajstić information content (AvgIpc) is 3.56. The van der Waals surface area contributed by atoms with Crippen LogP contribution in [0, 0.1) is 27.7 Å². The molecule has 8 rings (SSSR count). The van der Waals surface area contributed by atoms with Gasteiger partial charge in [0.1, 0.15) is 11.5 Å². The van der Waals surface area contributed by atoms with E-state index in [1.54, 1.807) is 0 Å². The number of hydrogen-bond donors (Lipinski definition) is 0. The molecule has 0 spiro atoms. The lowest BCUT2D eigenvalue weighted by molar-refractivity contribution is 0.247. The van der Waals surface area contributed by atoms with Gasteiger partial charge in [-0.3, -0.25) is 0 Å². The Bertz CT molecular complexity index is 2120. The van der Waals surface area contributed by atoms with Gasteiger partial charge in [-0.2, -0.15) is 0 Å². The second-order valence-corrected chi connectivity index (χ2v) is 12.8. The van der Waals surface area contributed by atoms with Crippen molar-refractivity contribution < 1.29 is 9.47 Å². The van der Waals surface area contributed by atoms with Crippen molar-refractivity contribution in [2.45, 2.75) is 34.1 Å². The first-order valence-corrected chi connectivity index (χ1v) is 16.4. The highest BCUT2D eigenvalue weighted by molar-refractivity contribution is 6.10. The van der Waals surface area contributed by atoms with E-state index in [1.165, 1.54) is 65.9 Å². The van der Waals surface area contributed by atoms with Crippen LogP contribution in [0.3, 0.4) is 0 Å². The van der Waals surface area contributed by atoms with Gasteiger partial charge in [-0.25, -0.2) is 0 Å². The maximum absolute atomic E-state index is 6.10. The minimum absolute atomic E-state index is 0.589. The molecular formula is C43H38N2O2. The smallest absolute Gasteiger partial charge is 0.119 e. The second kappa shape index (κ2) is 11.7. The monoisotopic (exact) mass is 614 g/mol. The zero-order valence-electron chi connectivity index (χ0n) is 27.4. The molecule has 0 saturated heterocycles. The predicted molar refractivity (Wildman–Crippen MR) is 196 cm³/mol. The van der Waals surface area contributed by atoms with Gasteiger partial charge in [0.15, 0.2) is 0 Å². The number of ether oxygens (including phenoxy) is 2. The van der Waals surface area contributed by atoms with Crippen molar-refractivity contribution >= 4 is 43.6 Å². The molecule has 0 fully saturated rings. The molecule has 0 atom stereocenters. The molecule has 0 saturated carbocycles. The van der Waals surface area contributed by atoms with E-state index in [0.29, 0.717) is 13.2 Å². The molecule has 0 radical (unpaired) electrons. The van der Waals surface area contributed by atoms with Gasteiger partial charge in [0.05, 0.1) is 35.3 Å². The van der Waals surface area contributed by atoms with E-state index in [9.17, 15) is 0 Å². The highest BCUT2D eigenvalue weighted by Crippen LogP contribution is 2.35. The quantitative estimate of drug-likeness (QED) is 0.159. The molecule has 0 N–H and O–H groups in total. The Morgan fingerprint density at radius 1 is 0.383 bits per heavy atom. The molecule has 6 aromatic carbocycles. The van der Waals surface area contributed by atoms with Crippen molar-refractivity contribution in [3.05, 3.63) is 144 Å². The van der Waals surface area contributed by atoms with Crippen LogP contribution in [0.2, 0.25) is 0 Å². The third-order valence-corrected chi connectivity index (χ3v) is 9.17. The van der Waals surface area contributed by atoms with Gasteiger partial charge in [-0.15, -0.1) is 0 Å². The lowest BCUT2D eigenvalue weighted by Gasteiger charge is -2.12. The highest BCUT2D eigenvalue weighted by Gasteiger charge is 2.14. The Hall–Kier alpha value is -5.48. The van der Waals surface area contributed by atoms with Gasteiger partial charge < -0.3 is 18.6 Å². The summed E-state index contributed by atoms with van der Waals surface area (Å²) < 4.78 is 16.9. The molecule has 0 aliphatic rings. The molecular weight excluding hydrogens is 576 g/mol. The molecule has 0 aliphatic carbocycles. The van der Waals surface area contributed by atoms with Crippen LogP contribution in [0.4, 0.5) is 0 Å². The van der Waals surface area contributed by atoms with Crippen LogP contribution >= 0.6 is 0 Å². The normalized spacial score (nSPS) is 11.7. The first kappa shape index (κ1) is 29.0. The summed E-state index contributed by atoms with van der Waals surface area (Å²) in [5, 5.41) is 5.15. The van der Waals surface area contributed by atoms with Crippen LogP contribution in [0.15, 0.2) is 121 Å². The Balaban J connectivity index is 0.917. The number of rotatable bonds is 8. The number of hydrogen-bond acceptors (Lipinski definition) is 2. The Morgan fingerprint density at radius 2 is 0.681 bits per heavy atom. The van der Waals surface area contributed by atoms with Crippen molar-refractivity contribution in [2.24, 2.45) is 0 Å². The first-order chi connectivity index (χ1) is 22.9. The zero-order chi connectivity index (χ0) is 32.1. The Kier molecular flexibility index (Phi) is 7.21. The van der Waals surface area contributed by atoms with Crippen LogP contribution in [-0.2, 0) is 0 Å². The number of benzene rings is 6. The second-order valence-electron chi connectivity index (χ2n) is 12.8. The van der Waals surface area contributed by atoms with Gasteiger partial charge in [-0.05, 0) is 125 Å². The summed E-state index contributed by atoms with van der Waals surface area (Å²) in [7, 11) is 0. The van der Waals surface area contributed by atoms with E-state index in [1.807, 2.05) is 0 Å². The third kappa shape index (κ3) is 5.30. The van der Waals surface area contributed by atoms with Crippen molar-refractivity contribution in [3.63, 3.8) is 0 Å². The Morgan fingerprint density at radius 3 is 0.979 bits per heavy atom. The third-order valence-electron chi connectivity index (χ3n) is 9.17. The number of aryl methyl sites for hydroxylation is 4. The van der Waals surface area contributed by atoms with E-state index < -0.39 is 0 Å². The van der Waals surface area contributed by atoms with E-state index in [-0.39, 0.29) is 0 Å². The fourth-order valence-corrected chi connectivity index (χ4v) is 6.88. The summed E-state index contributed by atoms with van der Waals surface area (Å²) >= 11 is 0. The maximum atomic E-state index is 6.10. The number of fused-ring (bicyclic) bond motifs is 6. The molecule has 2 heterocycles. The maximum Gasteiger partial charge on any atom is 0.119 e. The van der Waals surface area contributed by atoms with Crippen molar-refractivity contribution in [1.82, 2.24) is 9.13 Å². The fraction of sp³-hybridized carbons (Fsp3) is 0.163. The lowest BCUT2D eigenvalue weighted by atomic mass is 10.1. The molecule has 0 unspecified atom stereocenters. The minimum atomic E-state index is 0.589. The summed E-state index contributed by atoms with van der Waals surface area (Å²) in [6.07, 6.45) is 0.792. The van der Waals surface area contributed by atoms with Crippen LogP contribution in [0.25, 0.3) is 55.0 Å².